The molecule has 1 aromatic carbocycles. The van der Waals surface area contributed by atoms with Gasteiger partial charge in [0, 0.05) is 41.9 Å². The summed E-state index contributed by atoms with van der Waals surface area (Å²) >= 11 is 0. The van der Waals surface area contributed by atoms with Gasteiger partial charge in [0.1, 0.15) is 11.5 Å². The number of benzene rings is 1. The molecule has 1 amide bonds. The Morgan fingerprint density at radius 1 is 1.29 bits per heavy atom. The van der Waals surface area contributed by atoms with Crippen LogP contribution < -0.4 is 5.32 Å². The third-order valence-electron chi connectivity index (χ3n) is 3.86. The highest BCUT2D eigenvalue weighted by atomic mass is 19.1. The third kappa shape index (κ3) is 3.78. The maximum absolute atomic E-state index is 13.2. The Hall–Kier alpha value is -2.73. The standard InChI is InChI=1S/C18H18FN3O2/c19-14-4-5-16-13(8-14)9-17(22-16)18(24)21-10-12(11-23)7-15-3-1-2-6-20-15/h1-6,8-9,12,22-23H,7,10-11H2,(H,21,24). The average Bonchev–Trinajstić information content (AvgIpc) is 3.02. The highest BCUT2D eigenvalue weighted by molar-refractivity contribution is 5.97. The zero-order chi connectivity index (χ0) is 16.9. The Kier molecular flexibility index (Phi) is 4.86. The molecule has 0 saturated heterocycles. The molecule has 0 aliphatic carbocycles. The van der Waals surface area contributed by atoms with E-state index in [9.17, 15) is 14.3 Å². The van der Waals surface area contributed by atoms with Crippen LogP contribution in [-0.4, -0.2) is 34.1 Å². The highest BCUT2D eigenvalue weighted by Crippen LogP contribution is 2.16. The maximum Gasteiger partial charge on any atom is 0.267 e. The minimum atomic E-state index is -0.343. The van der Waals surface area contributed by atoms with Crippen LogP contribution in [0.2, 0.25) is 0 Å². The van der Waals surface area contributed by atoms with Gasteiger partial charge in [0.05, 0.1) is 0 Å². The van der Waals surface area contributed by atoms with Crippen molar-refractivity contribution >= 4 is 16.8 Å². The molecule has 0 spiro atoms. The van der Waals surface area contributed by atoms with E-state index in [0.717, 1.165) is 5.69 Å². The first-order valence-corrected chi connectivity index (χ1v) is 7.73. The van der Waals surface area contributed by atoms with Gasteiger partial charge < -0.3 is 15.4 Å². The van der Waals surface area contributed by atoms with Crippen molar-refractivity contribution in [3.05, 3.63) is 65.9 Å². The second kappa shape index (κ2) is 7.23. The smallest absolute Gasteiger partial charge is 0.267 e. The molecule has 3 N–H and O–H groups in total. The molecule has 0 aliphatic rings. The number of hydrogen-bond donors (Lipinski definition) is 3. The van der Waals surface area contributed by atoms with Crippen molar-refractivity contribution in [2.24, 2.45) is 5.92 Å². The van der Waals surface area contributed by atoms with E-state index in [0.29, 0.717) is 29.6 Å². The van der Waals surface area contributed by atoms with Gasteiger partial charge in [0.15, 0.2) is 0 Å². The summed E-state index contributed by atoms with van der Waals surface area (Å²) in [4.78, 5) is 19.4. The van der Waals surface area contributed by atoms with E-state index in [1.165, 1.54) is 12.1 Å². The number of H-pyrrole nitrogens is 1. The fraction of sp³-hybridized carbons (Fsp3) is 0.222. The van der Waals surface area contributed by atoms with Gasteiger partial charge in [-0.25, -0.2) is 4.39 Å². The van der Waals surface area contributed by atoms with Crippen molar-refractivity contribution in [1.29, 1.82) is 0 Å². The molecule has 0 bridgehead atoms. The molecule has 0 aliphatic heterocycles. The van der Waals surface area contributed by atoms with Crippen LogP contribution in [0.25, 0.3) is 10.9 Å². The van der Waals surface area contributed by atoms with Crippen molar-refractivity contribution in [2.45, 2.75) is 6.42 Å². The lowest BCUT2D eigenvalue weighted by Gasteiger charge is -2.14. The van der Waals surface area contributed by atoms with E-state index in [4.69, 9.17) is 0 Å². The number of rotatable bonds is 6. The minimum absolute atomic E-state index is 0.0469. The number of aromatic amines is 1. The first-order chi connectivity index (χ1) is 11.7. The summed E-state index contributed by atoms with van der Waals surface area (Å²) in [5.41, 5.74) is 1.94. The largest absolute Gasteiger partial charge is 0.396 e. The summed E-state index contributed by atoms with van der Waals surface area (Å²) in [5.74, 6) is -0.749. The molecule has 0 saturated carbocycles. The predicted molar refractivity (Wildman–Crippen MR) is 89.1 cm³/mol. The number of aromatic nitrogens is 2. The third-order valence-corrected chi connectivity index (χ3v) is 3.86. The van der Waals surface area contributed by atoms with E-state index < -0.39 is 0 Å². The summed E-state index contributed by atoms with van der Waals surface area (Å²) in [5, 5.41) is 12.9. The number of amides is 1. The van der Waals surface area contributed by atoms with E-state index in [1.807, 2.05) is 18.2 Å². The molecular weight excluding hydrogens is 309 g/mol. The molecule has 6 heteroatoms. The van der Waals surface area contributed by atoms with Crippen LogP contribution in [0, 0.1) is 11.7 Å². The molecule has 1 unspecified atom stereocenters. The number of aliphatic hydroxyl groups excluding tert-OH is 1. The normalized spacial score (nSPS) is 12.2. The maximum atomic E-state index is 13.2. The molecule has 2 heterocycles. The molecule has 124 valence electrons. The van der Waals surface area contributed by atoms with Crippen molar-refractivity contribution in [1.82, 2.24) is 15.3 Å². The van der Waals surface area contributed by atoms with E-state index >= 15 is 0 Å². The molecule has 5 nitrogen and oxygen atoms in total. The number of hydrogen-bond acceptors (Lipinski definition) is 3. The van der Waals surface area contributed by atoms with Crippen LogP contribution in [0.3, 0.4) is 0 Å². The van der Waals surface area contributed by atoms with Crippen LogP contribution in [0.5, 0.6) is 0 Å². The van der Waals surface area contributed by atoms with Crippen molar-refractivity contribution < 1.29 is 14.3 Å². The summed E-state index contributed by atoms with van der Waals surface area (Å²) < 4.78 is 13.2. The first-order valence-electron chi connectivity index (χ1n) is 7.73. The Morgan fingerprint density at radius 3 is 2.92 bits per heavy atom. The molecule has 3 aromatic rings. The number of carbonyl (C=O) groups excluding carboxylic acids is 1. The van der Waals surface area contributed by atoms with Gasteiger partial charge in [-0.3, -0.25) is 9.78 Å². The van der Waals surface area contributed by atoms with Crippen LogP contribution in [0.4, 0.5) is 4.39 Å². The number of carbonyl (C=O) groups is 1. The van der Waals surface area contributed by atoms with E-state index in [-0.39, 0.29) is 24.2 Å². The van der Waals surface area contributed by atoms with E-state index in [1.54, 1.807) is 18.3 Å². The van der Waals surface area contributed by atoms with Gasteiger partial charge in [-0.05, 0) is 42.8 Å². The van der Waals surface area contributed by atoms with Crippen molar-refractivity contribution in [2.75, 3.05) is 13.2 Å². The molecule has 24 heavy (non-hydrogen) atoms. The van der Waals surface area contributed by atoms with Crippen molar-refractivity contribution in [3.8, 4) is 0 Å². The highest BCUT2D eigenvalue weighted by Gasteiger charge is 2.14. The lowest BCUT2D eigenvalue weighted by Crippen LogP contribution is -2.32. The number of fused-ring (bicyclic) bond motifs is 1. The number of nitrogens with zero attached hydrogens (tertiary/aromatic N) is 1. The van der Waals surface area contributed by atoms with Gasteiger partial charge >= 0.3 is 0 Å². The Labute approximate surface area is 138 Å². The average molecular weight is 327 g/mol. The second-order valence-electron chi connectivity index (χ2n) is 5.70. The number of aliphatic hydroxyl groups is 1. The number of pyridine rings is 1. The minimum Gasteiger partial charge on any atom is -0.396 e. The summed E-state index contributed by atoms with van der Waals surface area (Å²) in [6.45, 7) is 0.282. The van der Waals surface area contributed by atoms with Crippen LogP contribution >= 0.6 is 0 Å². The van der Waals surface area contributed by atoms with Gasteiger partial charge in [-0.2, -0.15) is 0 Å². The van der Waals surface area contributed by atoms with Crippen LogP contribution in [0.1, 0.15) is 16.2 Å². The van der Waals surface area contributed by atoms with Gasteiger partial charge in [-0.1, -0.05) is 6.07 Å². The van der Waals surface area contributed by atoms with Gasteiger partial charge in [0.2, 0.25) is 0 Å². The number of nitrogens with one attached hydrogen (secondary N) is 2. The molecule has 2 aromatic heterocycles. The summed E-state index contributed by atoms with van der Waals surface area (Å²) in [7, 11) is 0. The predicted octanol–water partition coefficient (Wildman–Crippen LogP) is 2.28. The molecule has 0 fully saturated rings. The number of halogens is 1. The fourth-order valence-corrected chi connectivity index (χ4v) is 2.57. The Morgan fingerprint density at radius 2 is 2.17 bits per heavy atom. The van der Waals surface area contributed by atoms with Gasteiger partial charge in [0.25, 0.3) is 5.91 Å². The Bertz CT molecular complexity index is 833. The van der Waals surface area contributed by atoms with Crippen molar-refractivity contribution in [3.63, 3.8) is 0 Å². The fourth-order valence-electron chi connectivity index (χ4n) is 2.57. The quantitative estimate of drug-likeness (QED) is 0.650. The Balaban J connectivity index is 1.62. The zero-order valence-corrected chi connectivity index (χ0v) is 13.0. The SMILES string of the molecule is O=C(NCC(CO)Cc1ccccn1)c1cc2cc(F)ccc2[nH]1. The van der Waals surface area contributed by atoms with E-state index in [2.05, 4.69) is 15.3 Å². The molecule has 0 radical (unpaired) electrons. The summed E-state index contributed by atoms with van der Waals surface area (Å²) in [6, 6.07) is 11.5. The second-order valence-corrected chi connectivity index (χ2v) is 5.70. The monoisotopic (exact) mass is 327 g/mol. The first kappa shape index (κ1) is 16.1. The molecule has 3 rings (SSSR count). The molecular formula is C18H18FN3O2. The summed E-state index contributed by atoms with van der Waals surface area (Å²) in [6.07, 6.45) is 2.28. The van der Waals surface area contributed by atoms with Crippen LogP contribution in [-0.2, 0) is 6.42 Å². The zero-order valence-electron chi connectivity index (χ0n) is 13.0. The van der Waals surface area contributed by atoms with Crippen LogP contribution in [0.15, 0.2) is 48.7 Å². The molecule has 1 atom stereocenters. The van der Waals surface area contributed by atoms with Gasteiger partial charge in [-0.15, -0.1) is 0 Å². The lowest BCUT2D eigenvalue weighted by atomic mass is 10.0. The topological polar surface area (TPSA) is 78.0 Å². The lowest BCUT2D eigenvalue weighted by molar-refractivity contribution is 0.0935.